The molecule has 6 rings (SSSR count). The van der Waals surface area contributed by atoms with Crippen LogP contribution < -0.4 is 8.87 Å². The van der Waals surface area contributed by atoms with Crippen LogP contribution in [-0.2, 0) is 33.2 Å². The summed E-state index contributed by atoms with van der Waals surface area (Å²) in [5.41, 5.74) is 1.63. The molecule has 10 nitrogen and oxygen atoms in total. The van der Waals surface area contributed by atoms with Crippen LogP contribution in [0.25, 0.3) is 10.8 Å². The summed E-state index contributed by atoms with van der Waals surface area (Å²) in [6.07, 6.45) is 4.89. The first-order chi connectivity index (χ1) is 17.5. The lowest BCUT2D eigenvalue weighted by atomic mass is 9.78. The number of aliphatic carboxylic acids is 1. The molecule has 1 saturated heterocycles. The number of carbonyl (C=O) groups is 2. The Morgan fingerprint density at radius 1 is 1.19 bits per heavy atom. The lowest BCUT2D eigenvalue weighted by Crippen LogP contribution is -2.63. The molecule has 2 aromatic carbocycles. The standard InChI is InChI=1S/C26H26N4O6S/c1-14-18(24(26(33)34)30-23(14)21(15(2)31)25(30)32)12-29-19-6-4-5-17-16(11-28-10-9-27(3)13-28)7-8-20(22(17)19)37(29,35)36/h4-10,13-15,21,23,31H,11-12H2,1-3H3/p+1/t14-,15+,21+,23+/m0/s1. The van der Waals surface area contributed by atoms with Crippen molar-refractivity contribution in [2.45, 2.75) is 37.4 Å². The lowest BCUT2D eigenvalue weighted by Gasteiger charge is -2.46. The summed E-state index contributed by atoms with van der Waals surface area (Å²) in [7, 11) is -2.03. The Morgan fingerprint density at radius 3 is 2.59 bits per heavy atom. The van der Waals surface area contributed by atoms with Crippen LogP contribution in [0.2, 0.25) is 0 Å². The number of carboxylic acids is 1. The number of carboxylic acid groups (broad SMARTS) is 1. The monoisotopic (exact) mass is 523 g/mol. The summed E-state index contributed by atoms with van der Waals surface area (Å²) in [6.45, 7) is 3.68. The molecule has 0 radical (unpaired) electrons. The van der Waals surface area contributed by atoms with Crippen molar-refractivity contribution in [3.05, 3.63) is 65.9 Å². The smallest absolute Gasteiger partial charge is 0.352 e. The molecule has 1 fully saturated rings. The zero-order valence-electron chi connectivity index (χ0n) is 20.6. The number of rotatable bonds is 6. The normalized spacial score (nSPS) is 24.5. The Hall–Kier alpha value is -3.70. The maximum atomic E-state index is 13.8. The molecule has 2 N–H and O–H groups in total. The molecule has 4 heterocycles. The van der Waals surface area contributed by atoms with Gasteiger partial charge in [0.2, 0.25) is 12.2 Å². The second-order valence-corrected chi connectivity index (χ2v) is 11.9. The summed E-state index contributed by atoms with van der Waals surface area (Å²) < 4.78 is 32.7. The number of nitrogens with zero attached hydrogens (tertiary/aromatic N) is 4. The number of aliphatic hydroxyl groups excluding tert-OH is 1. The minimum absolute atomic E-state index is 0.182. The number of β-lactam (4-membered cyclic amide) rings is 1. The number of hydrogen-bond acceptors (Lipinski definition) is 5. The number of amides is 1. The maximum absolute atomic E-state index is 13.8. The quantitative estimate of drug-likeness (QED) is 0.370. The van der Waals surface area contributed by atoms with Crippen LogP contribution >= 0.6 is 0 Å². The first-order valence-electron chi connectivity index (χ1n) is 12.1. The Balaban J connectivity index is 1.44. The number of fused-ring (bicyclic) bond motifs is 1. The third kappa shape index (κ3) is 3.20. The summed E-state index contributed by atoms with van der Waals surface area (Å²) >= 11 is 0. The van der Waals surface area contributed by atoms with Crippen LogP contribution in [0.15, 0.2) is 65.2 Å². The number of aliphatic hydroxyl groups is 1. The predicted molar refractivity (Wildman–Crippen MR) is 133 cm³/mol. The highest BCUT2D eigenvalue weighted by molar-refractivity contribution is 7.93. The van der Waals surface area contributed by atoms with Gasteiger partial charge >= 0.3 is 5.97 Å². The number of aryl methyl sites for hydroxylation is 1. The second kappa shape index (κ2) is 7.90. The fraction of sp³-hybridized carbons (Fsp3) is 0.346. The zero-order chi connectivity index (χ0) is 26.4. The minimum atomic E-state index is -3.96. The van der Waals surface area contributed by atoms with Gasteiger partial charge in [0.25, 0.3) is 10.0 Å². The number of imidazole rings is 1. The van der Waals surface area contributed by atoms with E-state index < -0.39 is 45.9 Å². The van der Waals surface area contributed by atoms with Crippen molar-refractivity contribution < 1.29 is 32.8 Å². The first kappa shape index (κ1) is 23.7. The van der Waals surface area contributed by atoms with E-state index in [1.54, 1.807) is 25.1 Å². The maximum Gasteiger partial charge on any atom is 0.352 e. The number of sulfonamides is 1. The summed E-state index contributed by atoms with van der Waals surface area (Å²) in [5, 5.41) is 21.5. The average Bonchev–Trinajstić information content (AvgIpc) is 3.41. The predicted octanol–water partition coefficient (Wildman–Crippen LogP) is 1.22. The molecule has 0 spiro atoms. The number of carbonyl (C=O) groups excluding carboxylic acids is 1. The van der Waals surface area contributed by atoms with E-state index >= 15 is 0 Å². The van der Waals surface area contributed by atoms with E-state index in [1.807, 2.05) is 47.0 Å². The molecular weight excluding hydrogens is 496 g/mol. The van der Waals surface area contributed by atoms with E-state index in [2.05, 4.69) is 0 Å². The van der Waals surface area contributed by atoms with E-state index in [0.717, 1.165) is 10.9 Å². The van der Waals surface area contributed by atoms with Crippen LogP contribution in [0.1, 0.15) is 19.4 Å². The van der Waals surface area contributed by atoms with Gasteiger partial charge < -0.3 is 15.1 Å². The van der Waals surface area contributed by atoms with E-state index in [-0.39, 0.29) is 17.1 Å². The summed E-state index contributed by atoms with van der Waals surface area (Å²) in [6, 6.07) is 8.36. The van der Waals surface area contributed by atoms with Crippen molar-refractivity contribution in [1.29, 1.82) is 0 Å². The minimum Gasteiger partial charge on any atom is -0.477 e. The van der Waals surface area contributed by atoms with Gasteiger partial charge in [-0.05, 0) is 30.0 Å². The third-order valence-corrected chi connectivity index (χ3v) is 9.72. The Morgan fingerprint density at radius 2 is 1.95 bits per heavy atom. The fourth-order valence-corrected chi connectivity index (χ4v) is 7.87. The molecular formula is C26H27N4O6S+. The van der Waals surface area contributed by atoms with Gasteiger partial charge in [-0.1, -0.05) is 25.1 Å². The summed E-state index contributed by atoms with van der Waals surface area (Å²) in [4.78, 5) is 26.4. The highest BCUT2D eigenvalue weighted by Gasteiger charge is 2.60. The number of anilines is 1. The molecule has 11 heteroatoms. The van der Waals surface area contributed by atoms with Gasteiger partial charge in [-0.25, -0.2) is 22.3 Å². The lowest BCUT2D eigenvalue weighted by molar-refractivity contribution is -0.671. The SMILES string of the molecule is C[C@@H](O)[C@H]1C(=O)N2C(C(=O)O)=C(CN3c4cccc5c(Cn6cc[n+](C)c6)ccc(c45)S3(=O)=O)[C@H](C)[C@H]12. The molecule has 37 heavy (non-hydrogen) atoms. The van der Waals surface area contributed by atoms with Crippen molar-refractivity contribution >= 4 is 38.4 Å². The molecule has 0 aliphatic carbocycles. The Labute approximate surface area is 213 Å². The number of benzene rings is 2. The first-order valence-corrected chi connectivity index (χ1v) is 13.5. The molecule has 0 saturated carbocycles. The molecule has 1 amide bonds. The Kier molecular flexibility index (Phi) is 5.06. The van der Waals surface area contributed by atoms with Gasteiger partial charge in [0.15, 0.2) is 0 Å². The van der Waals surface area contributed by atoms with E-state index in [4.69, 9.17) is 0 Å². The van der Waals surface area contributed by atoms with Gasteiger partial charge in [-0.3, -0.25) is 9.10 Å². The van der Waals surface area contributed by atoms with Crippen LogP contribution in [0.4, 0.5) is 5.69 Å². The fourth-order valence-electron chi connectivity index (χ4n) is 6.20. The topological polar surface area (TPSA) is 124 Å². The van der Waals surface area contributed by atoms with Crippen LogP contribution in [0, 0.1) is 11.8 Å². The van der Waals surface area contributed by atoms with E-state index in [1.165, 1.54) is 16.1 Å². The molecule has 4 atom stereocenters. The number of aromatic nitrogens is 2. The molecule has 3 aliphatic rings. The molecule has 0 unspecified atom stereocenters. The van der Waals surface area contributed by atoms with Crippen LogP contribution in [0.3, 0.4) is 0 Å². The molecule has 3 aliphatic heterocycles. The van der Waals surface area contributed by atoms with Crippen LogP contribution in [0.5, 0.6) is 0 Å². The number of hydrogen-bond donors (Lipinski definition) is 2. The largest absolute Gasteiger partial charge is 0.477 e. The molecule has 3 aromatic rings. The van der Waals surface area contributed by atoms with Crippen molar-refractivity contribution in [2.24, 2.45) is 18.9 Å². The van der Waals surface area contributed by atoms with E-state index in [9.17, 15) is 28.2 Å². The van der Waals surface area contributed by atoms with Crippen LogP contribution in [-0.4, -0.2) is 58.7 Å². The van der Waals surface area contributed by atoms with Gasteiger partial charge in [0.1, 0.15) is 24.6 Å². The molecule has 1 aromatic heterocycles. The van der Waals surface area contributed by atoms with Gasteiger partial charge in [0.05, 0.1) is 42.2 Å². The highest BCUT2D eigenvalue weighted by atomic mass is 32.2. The summed E-state index contributed by atoms with van der Waals surface area (Å²) in [5.74, 6) is -2.87. The van der Waals surface area contributed by atoms with Crippen molar-refractivity contribution in [3.8, 4) is 0 Å². The Bertz CT molecular complexity index is 1640. The van der Waals surface area contributed by atoms with Gasteiger partial charge in [-0.2, -0.15) is 0 Å². The van der Waals surface area contributed by atoms with Gasteiger partial charge in [-0.15, -0.1) is 0 Å². The van der Waals surface area contributed by atoms with Crippen molar-refractivity contribution in [2.75, 3.05) is 10.8 Å². The molecule has 0 bridgehead atoms. The van der Waals surface area contributed by atoms with Crippen molar-refractivity contribution in [3.63, 3.8) is 0 Å². The average molecular weight is 524 g/mol. The third-order valence-electron chi connectivity index (χ3n) is 7.92. The zero-order valence-corrected chi connectivity index (χ0v) is 21.4. The highest BCUT2D eigenvalue weighted by Crippen LogP contribution is 2.49. The molecule has 192 valence electrons. The second-order valence-electron chi connectivity index (χ2n) is 10.1. The van der Waals surface area contributed by atoms with E-state index in [0.29, 0.717) is 23.2 Å². The van der Waals surface area contributed by atoms with Crippen molar-refractivity contribution in [1.82, 2.24) is 9.47 Å². The van der Waals surface area contributed by atoms with Gasteiger partial charge in [0, 0.05) is 16.9 Å².